The van der Waals surface area contributed by atoms with Crippen LogP contribution in [0.1, 0.15) is 11.3 Å². The van der Waals surface area contributed by atoms with Crippen LogP contribution in [0.5, 0.6) is 0 Å². The fraction of sp³-hybridized carbons (Fsp3) is 0.250. The molecule has 96 valence electrons. The molecule has 0 saturated carbocycles. The van der Waals surface area contributed by atoms with Gasteiger partial charge in [0, 0.05) is 11.6 Å². The molecular formula is C12H14BrN3O2. The highest BCUT2D eigenvalue weighted by Gasteiger charge is 2.10. The van der Waals surface area contributed by atoms with Crippen molar-refractivity contribution in [2.75, 3.05) is 12.8 Å². The van der Waals surface area contributed by atoms with E-state index in [9.17, 15) is 4.79 Å². The first-order valence-corrected chi connectivity index (χ1v) is 6.21. The van der Waals surface area contributed by atoms with Crippen LogP contribution >= 0.6 is 15.9 Å². The predicted molar refractivity (Wildman–Crippen MR) is 73.4 cm³/mol. The molecule has 1 aromatic carbocycles. The third kappa shape index (κ3) is 2.65. The summed E-state index contributed by atoms with van der Waals surface area (Å²) in [6.07, 6.45) is 0. The summed E-state index contributed by atoms with van der Waals surface area (Å²) in [5.41, 5.74) is 7.34. The van der Waals surface area contributed by atoms with Crippen molar-refractivity contribution in [1.82, 2.24) is 9.78 Å². The van der Waals surface area contributed by atoms with Gasteiger partial charge in [0.05, 0.1) is 18.8 Å². The van der Waals surface area contributed by atoms with E-state index in [0.717, 1.165) is 10.0 Å². The summed E-state index contributed by atoms with van der Waals surface area (Å²) in [6, 6.07) is 7.76. The Labute approximate surface area is 113 Å². The average Bonchev–Trinajstić information content (AvgIpc) is 2.61. The number of aromatic nitrogens is 2. The lowest BCUT2D eigenvalue weighted by Gasteiger charge is -2.02. The molecule has 0 saturated heterocycles. The molecule has 2 rings (SSSR count). The third-order valence-electron chi connectivity index (χ3n) is 2.61. The van der Waals surface area contributed by atoms with E-state index < -0.39 is 0 Å². The quantitative estimate of drug-likeness (QED) is 0.903. The van der Waals surface area contributed by atoms with Gasteiger partial charge in [0.2, 0.25) is 0 Å². The number of hydrogen-bond donors (Lipinski definition) is 2. The van der Waals surface area contributed by atoms with Gasteiger partial charge in [0.1, 0.15) is 5.69 Å². The number of hydrogen-bond acceptors (Lipinski definition) is 3. The summed E-state index contributed by atoms with van der Waals surface area (Å²) in [7, 11) is 1.56. The number of ether oxygens (including phenoxy) is 1. The Hall–Kier alpha value is -1.53. The van der Waals surface area contributed by atoms with Crippen LogP contribution < -0.4 is 11.3 Å². The van der Waals surface area contributed by atoms with Crippen molar-refractivity contribution in [2.24, 2.45) is 0 Å². The van der Waals surface area contributed by atoms with E-state index in [2.05, 4.69) is 21.0 Å². The first kappa shape index (κ1) is 12.9. The van der Waals surface area contributed by atoms with Gasteiger partial charge in [-0.25, -0.2) is 4.68 Å². The highest BCUT2D eigenvalue weighted by Crippen LogP contribution is 2.12. The first-order valence-electron chi connectivity index (χ1n) is 5.42. The number of nitrogens with zero attached hydrogens (tertiary/aromatic N) is 1. The van der Waals surface area contributed by atoms with Crippen molar-refractivity contribution >= 4 is 21.6 Å². The lowest BCUT2D eigenvalue weighted by molar-refractivity contribution is 0.181. The van der Waals surface area contributed by atoms with Crippen LogP contribution in [0.4, 0.5) is 5.69 Å². The molecule has 18 heavy (non-hydrogen) atoms. The molecule has 0 aliphatic heterocycles. The Morgan fingerprint density at radius 1 is 1.39 bits per heavy atom. The van der Waals surface area contributed by atoms with Crippen molar-refractivity contribution < 1.29 is 4.74 Å². The predicted octanol–water partition coefficient (Wildman–Crippen LogP) is 1.72. The minimum absolute atomic E-state index is 0.217. The summed E-state index contributed by atoms with van der Waals surface area (Å²) in [5.74, 6) is 0. The van der Waals surface area contributed by atoms with E-state index in [0.29, 0.717) is 18.8 Å². The molecule has 0 amide bonds. The lowest BCUT2D eigenvalue weighted by Crippen LogP contribution is -2.19. The Morgan fingerprint density at radius 3 is 2.67 bits per heavy atom. The molecule has 0 spiro atoms. The fourth-order valence-corrected chi connectivity index (χ4v) is 1.95. The molecule has 3 N–H and O–H groups in total. The van der Waals surface area contributed by atoms with Crippen molar-refractivity contribution in [3.63, 3.8) is 0 Å². The van der Waals surface area contributed by atoms with E-state index >= 15 is 0 Å². The molecule has 0 aliphatic rings. The highest BCUT2D eigenvalue weighted by molar-refractivity contribution is 9.10. The maximum atomic E-state index is 11.9. The summed E-state index contributed by atoms with van der Waals surface area (Å²) in [6.45, 7) is 0.758. The zero-order valence-corrected chi connectivity index (χ0v) is 11.5. The van der Waals surface area contributed by atoms with Crippen LogP contribution in [0, 0.1) is 0 Å². The summed E-state index contributed by atoms with van der Waals surface area (Å²) < 4.78 is 7.46. The van der Waals surface area contributed by atoms with Gasteiger partial charge in [-0.2, -0.15) is 0 Å². The minimum atomic E-state index is -0.218. The molecule has 2 aromatic rings. The van der Waals surface area contributed by atoms with Gasteiger partial charge in [-0.15, -0.1) is 0 Å². The molecule has 0 radical (unpaired) electrons. The molecule has 0 bridgehead atoms. The van der Waals surface area contributed by atoms with Crippen molar-refractivity contribution in [1.29, 1.82) is 0 Å². The molecule has 0 aliphatic carbocycles. The topological polar surface area (TPSA) is 73.0 Å². The van der Waals surface area contributed by atoms with E-state index in [1.54, 1.807) is 7.11 Å². The monoisotopic (exact) mass is 311 g/mol. The number of nitrogen functional groups attached to an aromatic ring is 1. The number of rotatable bonds is 4. The number of nitrogens with two attached hydrogens (primary N) is 1. The van der Waals surface area contributed by atoms with Gasteiger partial charge in [0.15, 0.2) is 0 Å². The van der Waals surface area contributed by atoms with Crippen molar-refractivity contribution in [3.8, 4) is 0 Å². The van der Waals surface area contributed by atoms with Gasteiger partial charge in [-0.1, -0.05) is 28.1 Å². The third-order valence-corrected chi connectivity index (χ3v) is 3.14. The molecule has 1 heterocycles. The summed E-state index contributed by atoms with van der Waals surface area (Å²) >= 11 is 3.37. The fourth-order valence-electron chi connectivity index (χ4n) is 1.69. The Bertz CT molecular complexity index is 586. The number of methoxy groups -OCH3 is 1. The molecule has 1 aromatic heterocycles. The second-order valence-corrected chi connectivity index (χ2v) is 4.87. The number of anilines is 1. The zero-order valence-electron chi connectivity index (χ0n) is 9.94. The van der Waals surface area contributed by atoms with Gasteiger partial charge < -0.3 is 10.5 Å². The van der Waals surface area contributed by atoms with Crippen LogP contribution in [-0.2, 0) is 17.9 Å². The molecule has 6 heteroatoms. The van der Waals surface area contributed by atoms with E-state index in [1.165, 1.54) is 4.68 Å². The molecule has 0 fully saturated rings. The number of benzene rings is 1. The maximum Gasteiger partial charge on any atom is 0.290 e. The zero-order chi connectivity index (χ0) is 13.1. The number of aromatic amines is 1. The second kappa shape index (κ2) is 5.41. The SMILES string of the molecule is COCc1[nH]n(Cc2ccc(Br)cc2)c(=O)c1N. The van der Waals surface area contributed by atoms with Crippen LogP contribution in [0.15, 0.2) is 33.5 Å². The van der Waals surface area contributed by atoms with Gasteiger partial charge in [-0.3, -0.25) is 9.89 Å². The first-order chi connectivity index (χ1) is 8.61. The maximum absolute atomic E-state index is 11.9. The molecule has 5 nitrogen and oxygen atoms in total. The lowest BCUT2D eigenvalue weighted by atomic mass is 10.2. The van der Waals surface area contributed by atoms with E-state index in [-0.39, 0.29) is 11.2 Å². The molecule has 0 unspecified atom stereocenters. The van der Waals surface area contributed by atoms with E-state index in [4.69, 9.17) is 10.5 Å². The van der Waals surface area contributed by atoms with Gasteiger partial charge >= 0.3 is 0 Å². The van der Waals surface area contributed by atoms with Crippen LogP contribution in [-0.4, -0.2) is 16.9 Å². The largest absolute Gasteiger partial charge is 0.393 e. The van der Waals surface area contributed by atoms with Crippen molar-refractivity contribution in [3.05, 3.63) is 50.3 Å². The smallest absolute Gasteiger partial charge is 0.290 e. The van der Waals surface area contributed by atoms with E-state index in [1.807, 2.05) is 24.3 Å². The number of halogens is 1. The minimum Gasteiger partial charge on any atom is -0.393 e. The summed E-state index contributed by atoms with van der Waals surface area (Å²) in [4.78, 5) is 11.9. The Morgan fingerprint density at radius 2 is 2.06 bits per heavy atom. The van der Waals surface area contributed by atoms with Crippen molar-refractivity contribution in [2.45, 2.75) is 13.2 Å². The van der Waals surface area contributed by atoms with Crippen LogP contribution in [0.3, 0.4) is 0 Å². The Balaban J connectivity index is 2.26. The second-order valence-electron chi connectivity index (χ2n) is 3.95. The van der Waals surface area contributed by atoms with Gasteiger partial charge in [0.25, 0.3) is 5.56 Å². The summed E-state index contributed by atoms with van der Waals surface area (Å²) in [5, 5.41) is 2.96. The number of H-pyrrole nitrogens is 1. The van der Waals surface area contributed by atoms with Gasteiger partial charge in [-0.05, 0) is 17.7 Å². The number of nitrogens with one attached hydrogen (secondary N) is 1. The molecular weight excluding hydrogens is 298 g/mol. The van der Waals surface area contributed by atoms with Crippen LogP contribution in [0.25, 0.3) is 0 Å². The normalized spacial score (nSPS) is 10.8. The molecule has 0 atom stereocenters. The Kier molecular flexibility index (Phi) is 3.88. The average molecular weight is 312 g/mol. The highest BCUT2D eigenvalue weighted by atomic mass is 79.9. The van der Waals surface area contributed by atoms with Crippen LogP contribution in [0.2, 0.25) is 0 Å². The standard InChI is InChI=1S/C12H14BrN3O2/c1-18-7-10-11(14)12(17)16(15-10)6-8-2-4-9(13)5-3-8/h2-5,15H,6-7,14H2,1H3.